The van der Waals surface area contributed by atoms with Crippen molar-refractivity contribution in [3.05, 3.63) is 18.2 Å². The van der Waals surface area contributed by atoms with Crippen LogP contribution in [-0.4, -0.2) is 19.3 Å². The van der Waals surface area contributed by atoms with Crippen molar-refractivity contribution >= 4 is 0 Å². The fraction of sp³-hybridized carbons (Fsp3) is 0.538. The molecule has 3 nitrogen and oxygen atoms in total. The summed E-state index contributed by atoms with van der Waals surface area (Å²) in [6.45, 7) is 7.93. The normalized spacial score (nSPS) is 10.7. The van der Waals surface area contributed by atoms with Gasteiger partial charge in [0.15, 0.2) is 11.5 Å². The highest BCUT2D eigenvalue weighted by Gasteiger charge is 2.14. The number of benzene rings is 1. The fourth-order valence-corrected chi connectivity index (χ4v) is 1.36. The van der Waals surface area contributed by atoms with E-state index >= 15 is 0 Å². The monoisotopic (exact) mass is 224 g/mol. The summed E-state index contributed by atoms with van der Waals surface area (Å²) in [5.74, 6) is 2.10. The lowest BCUT2D eigenvalue weighted by Crippen LogP contribution is -2.11. The van der Waals surface area contributed by atoms with E-state index in [2.05, 4.69) is 0 Å². The van der Waals surface area contributed by atoms with Gasteiger partial charge in [-0.2, -0.15) is 0 Å². The van der Waals surface area contributed by atoms with Gasteiger partial charge in [-0.1, -0.05) is 6.07 Å². The minimum atomic E-state index is 0.0887. The zero-order chi connectivity index (χ0) is 12.1. The lowest BCUT2D eigenvalue weighted by atomic mass is 10.3. The Balaban J connectivity index is 3.04. The van der Waals surface area contributed by atoms with Gasteiger partial charge in [0, 0.05) is 0 Å². The van der Waals surface area contributed by atoms with Crippen molar-refractivity contribution in [2.75, 3.05) is 7.11 Å². The molecule has 0 saturated heterocycles. The van der Waals surface area contributed by atoms with Crippen molar-refractivity contribution in [2.24, 2.45) is 0 Å². The molecule has 0 amide bonds. The van der Waals surface area contributed by atoms with Gasteiger partial charge in [0.1, 0.15) is 0 Å². The standard InChI is InChI=1S/C13H20O3/c1-9(2)15-12-8-6-7-11(14-5)13(12)16-10(3)4/h6-10H,1-5H3. The average Bonchev–Trinajstić information content (AvgIpc) is 2.19. The highest BCUT2D eigenvalue weighted by atomic mass is 16.5. The largest absolute Gasteiger partial charge is 0.493 e. The van der Waals surface area contributed by atoms with Crippen LogP contribution >= 0.6 is 0 Å². The number of hydrogen-bond acceptors (Lipinski definition) is 3. The third kappa shape index (κ3) is 3.33. The zero-order valence-electron chi connectivity index (χ0n) is 10.6. The highest BCUT2D eigenvalue weighted by Crippen LogP contribution is 2.38. The molecular formula is C13H20O3. The molecule has 1 aromatic rings. The van der Waals surface area contributed by atoms with Crippen LogP contribution in [0.15, 0.2) is 18.2 Å². The second kappa shape index (κ2) is 5.64. The molecule has 0 fully saturated rings. The Bertz CT molecular complexity index is 332. The van der Waals surface area contributed by atoms with E-state index in [1.54, 1.807) is 7.11 Å². The van der Waals surface area contributed by atoms with E-state index in [0.717, 1.165) is 5.75 Å². The molecule has 90 valence electrons. The van der Waals surface area contributed by atoms with Gasteiger partial charge in [-0.15, -0.1) is 0 Å². The fourth-order valence-electron chi connectivity index (χ4n) is 1.36. The van der Waals surface area contributed by atoms with Crippen LogP contribution in [0.1, 0.15) is 27.7 Å². The minimum absolute atomic E-state index is 0.0887. The van der Waals surface area contributed by atoms with E-state index in [-0.39, 0.29) is 12.2 Å². The maximum absolute atomic E-state index is 5.72. The third-order valence-corrected chi connectivity index (χ3v) is 1.88. The van der Waals surface area contributed by atoms with Crippen molar-refractivity contribution in [1.29, 1.82) is 0 Å². The molecule has 0 aromatic heterocycles. The van der Waals surface area contributed by atoms with Gasteiger partial charge >= 0.3 is 0 Å². The average molecular weight is 224 g/mol. The van der Waals surface area contributed by atoms with Crippen LogP contribution in [0.25, 0.3) is 0 Å². The highest BCUT2D eigenvalue weighted by molar-refractivity contribution is 5.51. The quantitative estimate of drug-likeness (QED) is 0.768. The summed E-state index contributed by atoms with van der Waals surface area (Å²) in [7, 11) is 1.63. The molecule has 0 bridgehead atoms. The molecule has 0 N–H and O–H groups in total. The van der Waals surface area contributed by atoms with Crippen LogP contribution in [0, 0.1) is 0 Å². The first-order valence-corrected chi connectivity index (χ1v) is 5.55. The first-order valence-electron chi connectivity index (χ1n) is 5.55. The molecule has 3 heteroatoms. The van der Waals surface area contributed by atoms with Gasteiger partial charge in [-0.3, -0.25) is 0 Å². The van der Waals surface area contributed by atoms with Crippen molar-refractivity contribution < 1.29 is 14.2 Å². The topological polar surface area (TPSA) is 27.7 Å². The van der Waals surface area contributed by atoms with E-state index in [4.69, 9.17) is 14.2 Å². The predicted molar refractivity (Wildman–Crippen MR) is 64.5 cm³/mol. The Kier molecular flexibility index (Phi) is 4.47. The lowest BCUT2D eigenvalue weighted by Gasteiger charge is -2.19. The molecule has 0 saturated carbocycles. The Morgan fingerprint density at radius 3 is 1.94 bits per heavy atom. The summed E-state index contributed by atoms with van der Waals surface area (Å²) in [5.41, 5.74) is 0. The Morgan fingerprint density at radius 1 is 0.875 bits per heavy atom. The minimum Gasteiger partial charge on any atom is -0.493 e. The summed E-state index contributed by atoms with van der Waals surface area (Å²) >= 11 is 0. The third-order valence-electron chi connectivity index (χ3n) is 1.88. The van der Waals surface area contributed by atoms with Crippen LogP contribution in [0.4, 0.5) is 0 Å². The molecule has 0 heterocycles. The van der Waals surface area contributed by atoms with Gasteiger partial charge in [0.2, 0.25) is 5.75 Å². The molecule has 0 aliphatic carbocycles. The number of ether oxygens (including phenoxy) is 3. The van der Waals surface area contributed by atoms with Crippen molar-refractivity contribution in [3.8, 4) is 17.2 Å². The summed E-state index contributed by atoms with van der Waals surface area (Å²) in [4.78, 5) is 0. The van der Waals surface area contributed by atoms with E-state index in [1.807, 2.05) is 45.9 Å². The summed E-state index contributed by atoms with van der Waals surface area (Å²) in [6.07, 6.45) is 0.201. The number of hydrogen-bond donors (Lipinski definition) is 0. The van der Waals surface area contributed by atoms with Gasteiger partial charge in [-0.25, -0.2) is 0 Å². The van der Waals surface area contributed by atoms with Crippen molar-refractivity contribution in [3.63, 3.8) is 0 Å². The second-order valence-electron chi connectivity index (χ2n) is 4.12. The smallest absolute Gasteiger partial charge is 0.203 e. The van der Waals surface area contributed by atoms with Gasteiger partial charge in [0.25, 0.3) is 0 Å². The Morgan fingerprint density at radius 2 is 1.44 bits per heavy atom. The van der Waals surface area contributed by atoms with Gasteiger partial charge in [0.05, 0.1) is 19.3 Å². The Labute approximate surface area is 97.3 Å². The van der Waals surface area contributed by atoms with Crippen LogP contribution in [0.5, 0.6) is 17.2 Å². The number of para-hydroxylation sites is 1. The molecule has 0 unspecified atom stereocenters. The van der Waals surface area contributed by atoms with Crippen LogP contribution in [0.3, 0.4) is 0 Å². The van der Waals surface area contributed by atoms with E-state index in [9.17, 15) is 0 Å². The molecular weight excluding hydrogens is 204 g/mol. The second-order valence-corrected chi connectivity index (χ2v) is 4.12. The summed E-state index contributed by atoms with van der Waals surface area (Å²) in [5, 5.41) is 0. The molecule has 0 radical (unpaired) electrons. The van der Waals surface area contributed by atoms with Crippen molar-refractivity contribution in [2.45, 2.75) is 39.9 Å². The SMILES string of the molecule is COc1cccc(OC(C)C)c1OC(C)C. The number of rotatable bonds is 5. The predicted octanol–water partition coefficient (Wildman–Crippen LogP) is 3.27. The molecule has 0 atom stereocenters. The zero-order valence-corrected chi connectivity index (χ0v) is 10.6. The molecule has 0 aliphatic rings. The van der Waals surface area contributed by atoms with E-state index in [0.29, 0.717) is 11.5 Å². The first-order chi connectivity index (χ1) is 7.54. The summed E-state index contributed by atoms with van der Waals surface area (Å²) in [6, 6.07) is 5.65. The molecule has 1 aromatic carbocycles. The maximum atomic E-state index is 5.72. The Hall–Kier alpha value is -1.38. The first kappa shape index (κ1) is 12.7. The van der Waals surface area contributed by atoms with Crippen molar-refractivity contribution in [1.82, 2.24) is 0 Å². The van der Waals surface area contributed by atoms with Gasteiger partial charge in [-0.05, 0) is 39.8 Å². The van der Waals surface area contributed by atoms with E-state index in [1.165, 1.54) is 0 Å². The lowest BCUT2D eigenvalue weighted by molar-refractivity contribution is 0.191. The molecule has 1 rings (SSSR count). The van der Waals surface area contributed by atoms with Crippen LogP contribution in [0.2, 0.25) is 0 Å². The summed E-state index contributed by atoms with van der Waals surface area (Å²) < 4.78 is 16.7. The molecule has 0 aliphatic heterocycles. The van der Waals surface area contributed by atoms with Gasteiger partial charge < -0.3 is 14.2 Å². The van der Waals surface area contributed by atoms with E-state index < -0.39 is 0 Å². The molecule has 0 spiro atoms. The number of methoxy groups -OCH3 is 1. The maximum Gasteiger partial charge on any atom is 0.203 e. The molecule has 16 heavy (non-hydrogen) atoms. The van der Waals surface area contributed by atoms with Crippen LogP contribution in [-0.2, 0) is 0 Å². The van der Waals surface area contributed by atoms with Crippen LogP contribution < -0.4 is 14.2 Å².